The van der Waals surface area contributed by atoms with Gasteiger partial charge in [-0.3, -0.25) is 0 Å². The van der Waals surface area contributed by atoms with Crippen molar-refractivity contribution in [2.24, 2.45) is 5.92 Å². The van der Waals surface area contributed by atoms with E-state index in [-0.39, 0.29) is 0 Å². The zero-order chi connectivity index (χ0) is 11.7. The van der Waals surface area contributed by atoms with E-state index in [1.54, 1.807) is 0 Å². The molecule has 0 radical (unpaired) electrons. The highest BCUT2D eigenvalue weighted by Crippen LogP contribution is 2.34. The Morgan fingerprint density at radius 3 is 3.12 bits per heavy atom. The molecule has 92 valence electrons. The van der Waals surface area contributed by atoms with Crippen molar-refractivity contribution in [3.63, 3.8) is 0 Å². The normalized spacial score (nSPS) is 24.1. The summed E-state index contributed by atoms with van der Waals surface area (Å²) in [5, 5.41) is 3.60. The molecule has 2 aliphatic rings. The van der Waals surface area contributed by atoms with Gasteiger partial charge >= 0.3 is 0 Å². The first-order valence-electron chi connectivity index (χ1n) is 6.95. The molecule has 2 aliphatic heterocycles. The first-order chi connectivity index (χ1) is 8.34. The molecular weight excluding hydrogens is 208 g/mol. The minimum atomic E-state index is 0.836. The van der Waals surface area contributed by atoms with E-state index in [1.807, 2.05) is 0 Å². The van der Waals surface area contributed by atoms with Crippen molar-refractivity contribution in [2.75, 3.05) is 29.9 Å². The average Bonchev–Trinajstić information content (AvgIpc) is 2.38. The van der Waals surface area contributed by atoms with Crippen LogP contribution < -0.4 is 10.2 Å². The smallest absolute Gasteiger partial charge is 0.0610 e. The number of anilines is 2. The highest BCUT2D eigenvalue weighted by Gasteiger charge is 2.21. The second-order valence-corrected chi connectivity index (χ2v) is 5.54. The molecular formula is C15H22N2. The molecule has 17 heavy (non-hydrogen) atoms. The number of hydrogen-bond acceptors (Lipinski definition) is 2. The van der Waals surface area contributed by atoms with Crippen LogP contribution in [0.4, 0.5) is 11.4 Å². The number of benzene rings is 1. The molecule has 1 atom stereocenters. The summed E-state index contributed by atoms with van der Waals surface area (Å²) < 4.78 is 0. The molecule has 1 saturated heterocycles. The second kappa shape index (κ2) is 4.59. The van der Waals surface area contributed by atoms with Crippen LogP contribution in [0.5, 0.6) is 0 Å². The summed E-state index contributed by atoms with van der Waals surface area (Å²) in [5.41, 5.74) is 4.36. The molecule has 0 amide bonds. The van der Waals surface area contributed by atoms with E-state index in [2.05, 4.69) is 35.3 Å². The largest absolute Gasteiger partial charge is 0.383 e. The first kappa shape index (κ1) is 10.9. The molecule has 0 aliphatic carbocycles. The number of para-hydroxylation sites is 1. The topological polar surface area (TPSA) is 15.3 Å². The van der Waals surface area contributed by atoms with Crippen molar-refractivity contribution in [3.05, 3.63) is 23.8 Å². The fraction of sp³-hybridized carbons (Fsp3) is 0.600. The predicted octanol–water partition coefficient (Wildman–Crippen LogP) is 3.28. The van der Waals surface area contributed by atoms with Gasteiger partial charge in [0.15, 0.2) is 0 Å². The summed E-state index contributed by atoms with van der Waals surface area (Å²) in [4.78, 5) is 2.57. The molecule has 1 unspecified atom stereocenters. The fourth-order valence-corrected chi connectivity index (χ4v) is 3.16. The van der Waals surface area contributed by atoms with Crippen LogP contribution >= 0.6 is 0 Å². The molecule has 0 saturated carbocycles. The quantitative estimate of drug-likeness (QED) is 0.796. The molecule has 1 N–H and O–H groups in total. The van der Waals surface area contributed by atoms with Gasteiger partial charge in [-0.1, -0.05) is 19.1 Å². The molecule has 1 aromatic rings. The lowest BCUT2D eigenvalue weighted by molar-refractivity contribution is 0.447. The van der Waals surface area contributed by atoms with Gasteiger partial charge in [-0.25, -0.2) is 0 Å². The van der Waals surface area contributed by atoms with Crippen molar-refractivity contribution < 1.29 is 0 Å². The number of nitrogens with zero attached hydrogens (tertiary/aromatic N) is 1. The number of nitrogens with one attached hydrogen (secondary N) is 1. The Bertz CT molecular complexity index is 400. The molecule has 1 fully saturated rings. The van der Waals surface area contributed by atoms with Crippen molar-refractivity contribution in [1.82, 2.24) is 0 Å². The van der Waals surface area contributed by atoms with E-state index in [1.165, 1.54) is 55.7 Å². The lowest BCUT2D eigenvalue weighted by atomic mass is 9.97. The molecule has 2 heteroatoms. The van der Waals surface area contributed by atoms with Crippen molar-refractivity contribution in [2.45, 2.75) is 32.6 Å². The molecule has 0 aromatic heterocycles. The molecule has 0 bridgehead atoms. The van der Waals surface area contributed by atoms with Crippen molar-refractivity contribution in [1.29, 1.82) is 0 Å². The van der Waals surface area contributed by atoms with Crippen LogP contribution in [-0.4, -0.2) is 19.6 Å². The third kappa shape index (κ3) is 2.13. The Balaban J connectivity index is 1.91. The molecule has 0 spiro atoms. The Morgan fingerprint density at radius 1 is 1.29 bits per heavy atom. The summed E-state index contributed by atoms with van der Waals surface area (Å²) in [7, 11) is 0. The average molecular weight is 230 g/mol. The van der Waals surface area contributed by atoms with Crippen LogP contribution in [-0.2, 0) is 6.42 Å². The van der Waals surface area contributed by atoms with Gasteiger partial charge in [0.1, 0.15) is 0 Å². The minimum absolute atomic E-state index is 0.836. The number of hydrogen-bond donors (Lipinski definition) is 1. The van der Waals surface area contributed by atoms with E-state index >= 15 is 0 Å². The molecule has 3 rings (SSSR count). The van der Waals surface area contributed by atoms with Crippen molar-refractivity contribution >= 4 is 11.4 Å². The van der Waals surface area contributed by atoms with Crippen molar-refractivity contribution in [3.8, 4) is 0 Å². The van der Waals surface area contributed by atoms with Gasteiger partial charge in [-0.2, -0.15) is 0 Å². The van der Waals surface area contributed by atoms with Gasteiger partial charge in [0.2, 0.25) is 0 Å². The van der Waals surface area contributed by atoms with E-state index in [4.69, 9.17) is 0 Å². The molecule has 2 heterocycles. The highest BCUT2D eigenvalue weighted by atomic mass is 15.2. The monoisotopic (exact) mass is 230 g/mol. The number of rotatable bonds is 1. The van der Waals surface area contributed by atoms with Crippen LogP contribution in [0, 0.1) is 5.92 Å². The van der Waals surface area contributed by atoms with Crippen LogP contribution in [0.15, 0.2) is 18.2 Å². The zero-order valence-corrected chi connectivity index (χ0v) is 10.7. The van der Waals surface area contributed by atoms with E-state index < -0.39 is 0 Å². The first-order valence-corrected chi connectivity index (χ1v) is 6.95. The SMILES string of the molecule is CC1CCCN(c2cccc3c2NCCC3)C1. The molecule has 1 aromatic carbocycles. The van der Waals surface area contributed by atoms with Crippen LogP contribution in [0.2, 0.25) is 0 Å². The van der Waals surface area contributed by atoms with Crippen LogP contribution in [0.25, 0.3) is 0 Å². The standard InChI is InChI=1S/C15H22N2/c1-12-5-4-10-17(11-12)14-8-2-6-13-7-3-9-16-15(13)14/h2,6,8,12,16H,3-5,7,9-11H2,1H3. The van der Waals surface area contributed by atoms with Gasteiger partial charge < -0.3 is 10.2 Å². The van der Waals surface area contributed by atoms with Gasteiger partial charge in [-0.15, -0.1) is 0 Å². The zero-order valence-electron chi connectivity index (χ0n) is 10.7. The van der Waals surface area contributed by atoms with Crippen LogP contribution in [0.1, 0.15) is 31.7 Å². The maximum absolute atomic E-state index is 3.60. The Kier molecular flexibility index (Phi) is 2.96. The van der Waals surface area contributed by atoms with E-state index in [9.17, 15) is 0 Å². The lowest BCUT2D eigenvalue weighted by Gasteiger charge is -2.35. The summed E-state index contributed by atoms with van der Waals surface area (Å²) >= 11 is 0. The van der Waals surface area contributed by atoms with E-state index in [0.717, 1.165) is 12.5 Å². The summed E-state index contributed by atoms with van der Waals surface area (Å²) in [6.07, 6.45) is 5.23. The third-order valence-corrected chi connectivity index (χ3v) is 4.05. The highest BCUT2D eigenvalue weighted by molar-refractivity contribution is 5.74. The summed E-state index contributed by atoms with van der Waals surface area (Å²) in [6, 6.07) is 6.79. The Labute approximate surface area is 104 Å². The number of fused-ring (bicyclic) bond motifs is 1. The minimum Gasteiger partial charge on any atom is -0.383 e. The lowest BCUT2D eigenvalue weighted by Crippen LogP contribution is -2.35. The Morgan fingerprint density at radius 2 is 2.24 bits per heavy atom. The van der Waals surface area contributed by atoms with Gasteiger partial charge in [0.25, 0.3) is 0 Å². The fourth-order valence-electron chi connectivity index (χ4n) is 3.16. The number of aryl methyl sites for hydroxylation is 1. The van der Waals surface area contributed by atoms with Crippen LogP contribution in [0.3, 0.4) is 0 Å². The third-order valence-electron chi connectivity index (χ3n) is 4.05. The van der Waals surface area contributed by atoms with E-state index in [0.29, 0.717) is 0 Å². The van der Waals surface area contributed by atoms with Gasteiger partial charge in [0.05, 0.1) is 11.4 Å². The van der Waals surface area contributed by atoms with Gasteiger partial charge in [0, 0.05) is 19.6 Å². The maximum atomic E-state index is 3.60. The number of piperidine rings is 1. The second-order valence-electron chi connectivity index (χ2n) is 5.54. The molecule has 2 nitrogen and oxygen atoms in total. The predicted molar refractivity (Wildman–Crippen MR) is 73.9 cm³/mol. The summed E-state index contributed by atoms with van der Waals surface area (Å²) in [5.74, 6) is 0.836. The Hall–Kier alpha value is -1.18. The van der Waals surface area contributed by atoms with Gasteiger partial charge in [-0.05, 0) is 43.2 Å². The maximum Gasteiger partial charge on any atom is 0.0610 e. The summed E-state index contributed by atoms with van der Waals surface area (Å²) in [6.45, 7) is 5.95.